The van der Waals surface area contributed by atoms with Gasteiger partial charge in [0, 0.05) is 5.56 Å². The van der Waals surface area contributed by atoms with E-state index in [0.29, 0.717) is 22.5 Å². The second-order valence-corrected chi connectivity index (χ2v) is 6.11. The highest BCUT2D eigenvalue weighted by Crippen LogP contribution is 2.45. The first-order valence-corrected chi connectivity index (χ1v) is 7.56. The number of anilines is 1. The summed E-state index contributed by atoms with van der Waals surface area (Å²) in [4.78, 5) is 3.97. The SMILES string of the molecule is C[C@@]1(O)[C@H](F)[C@@H](CO)O[C@H]1c1cc(-c2cn[nH]n2)c2c(N)ncnn12. The summed E-state index contributed by atoms with van der Waals surface area (Å²) in [6.07, 6.45) is -1.23. The van der Waals surface area contributed by atoms with Crippen molar-refractivity contribution in [1.82, 2.24) is 30.0 Å². The molecule has 11 heteroatoms. The zero-order valence-electron chi connectivity index (χ0n) is 13.2. The van der Waals surface area contributed by atoms with Gasteiger partial charge in [-0.1, -0.05) is 0 Å². The number of aromatic amines is 1. The molecule has 3 aromatic rings. The number of hydrogen-bond donors (Lipinski definition) is 4. The Kier molecular flexibility index (Phi) is 3.45. The molecule has 0 spiro atoms. The van der Waals surface area contributed by atoms with E-state index >= 15 is 0 Å². The predicted octanol–water partition coefficient (Wildman–Crippen LogP) is -0.382. The molecule has 0 aromatic carbocycles. The van der Waals surface area contributed by atoms with Crippen molar-refractivity contribution >= 4 is 11.3 Å². The van der Waals surface area contributed by atoms with Gasteiger partial charge in [-0.3, -0.25) is 0 Å². The monoisotopic (exact) mass is 349 g/mol. The van der Waals surface area contributed by atoms with E-state index in [1.807, 2.05) is 0 Å². The summed E-state index contributed by atoms with van der Waals surface area (Å²) >= 11 is 0. The second kappa shape index (κ2) is 5.44. The van der Waals surface area contributed by atoms with Crippen molar-refractivity contribution in [3.8, 4) is 11.3 Å². The fraction of sp³-hybridized carbons (Fsp3) is 0.429. The number of alkyl halides is 1. The number of nitrogens with two attached hydrogens (primary N) is 1. The fourth-order valence-electron chi connectivity index (χ4n) is 3.21. The summed E-state index contributed by atoms with van der Waals surface area (Å²) in [7, 11) is 0. The van der Waals surface area contributed by atoms with Gasteiger partial charge in [-0.05, 0) is 13.0 Å². The van der Waals surface area contributed by atoms with E-state index in [0.717, 1.165) is 0 Å². The van der Waals surface area contributed by atoms with Crippen LogP contribution in [0.25, 0.3) is 16.8 Å². The van der Waals surface area contributed by atoms with Crippen molar-refractivity contribution in [3.63, 3.8) is 0 Å². The Labute approximate surface area is 140 Å². The van der Waals surface area contributed by atoms with E-state index in [4.69, 9.17) is 10.5 Å². The maximum absolute atomic E-state index is 14.4. The molecule has 0 aliphatic carbocycles. The molecule has 25 heavy (non-hydrogen) atoms. The van der Waals surface area contributed by atoms with Crippen molar-refractivity contribution in [1.29, 1.82) is 0 Å². The molecule has 5 N–H and O–H groups in total. The Morgan fingerprint density at radius 2 is 2.32 bits per heavy atom. The number of ether oxygens (including phenoxy) is 1. The molecule has 1 fully saturated rings. The molecule has 0 unspecified atom stereocenters. The summed E-state index contributed by atoms with van der Waals surface area (Å²) in [6, 6.07) is 1.64. The largest absolute Gasteiger partial charge is 0.394 e. The van der Waals surface area contributed by atoms with Crippen LogP contribution in [-0.2, 0) is 4.74 Å². The van der Waals surface area contributed by atoms with Gasteiger partial charge in [0.1, 0.15) is 35.3 Å². The molecule has 1 saturated heterocycles. The molecule has 10 nitrogen and oxygen atoms in total. The minimum atomic E-state index is -1.86. The third-order valence-corrected chi connectivity index (χ3v) is 4.48. The van der Waals surface area contributed by atoms with Crippen LogP contribution in [0.3, 0.4) is 0 Å². The van der Waals surface area contributed by atoms with Crippen molar-refractivity contribution in [2.24, 2.45) is 0 Å². The number of hydrogen-bond acceptors (Lipinski definition) is 8. The van der Waals surface area contributed by atoms with Crippen LogP contribution in [0.5, 0.6) is 0 Å². The maximum Gasteiger partial charge on any atom is 0.160 e. The minimum absolute atomic E-state index is 0.187. The number of rotatable bonds is 3. The molecule has 4 rings (SSSR count). The van der Waals surface area contributed by atoms with E-state index in [1.54, 1.807) is 6.07 Å². The lowest BCUT2D eigenvalue weighted by Gasteiger charge is -2.25. The number of nitrogens with zero attached hydrogens (tertiary/aromatic N) is 5. The first-order valence-electron chi connectivity index (χ1n) is 7.56. The smallest absolute Gasteiger partial charge is 0.160 e. The molecule has 1 aliphatic rings. The van der Waals surface area contributed by atoms with Crippen LogP contribution in [0, 0.1) is 0 Å². The van der Waals surface area contributed by atoms with Crippen LogP contribution in [-0.4, -0.2) is 64.7 Å². The Bertz CT molecular complexity index is 911. The minimum Gasteiger partial charge on any atom is -0.394 e. The first kappa shape index (κ1) is 15.9. The van der Waals surface area contributed by atoms with E-state index in [9.17, 15) is 14.6 Å². The normalized spacial score (nSPS) is 29.5. The molecule has 3 aromatic heterocycles. The number of fused-ring (bicyclic) bond motifs is 1. The van der Waals surface area contributed by atoms with Crippen molar-refractivity contribution in [3.05, 3.63) is 24.3 Å². The maximum atomic E-state index is 14.4. The number of halogens is 1. The third-order valence-electron chi connectivity index (χ3n) is 4.48. The molecule has 0 amide bonds. The zero-order chi connectivity index (χ0) is 17.8. The molecule has 132 valence electrons. The molecule has 0 radical (unpaired) electrons. The Morgan fingerprint density at radius 1 is 1.52 bits per heavy atom. The van der Waals surface area contributed by atoms with Gasteiger partial charge in [0.2, 0.25) is 0 Å². The highest BCUT2D eigenvalue weighted by atomic mass is 19.1. The van der Waals surface area contributed by atoms with E-state index < -0.39 is 30.6 Å². The third kappa shape index (κ3) is 2.20. The van der Waals surface area contributed by atoms with Gasteiger partial charge in [-0.15, -0.1) is 0 Å². The quantitative estimate of drug-likeness (QED) is 0.500. The van der Waals surface area contributed by atoms with Crippen molar-refractivity contribution < 1.29 is 19.3 Å². The topological polar surface area (TPSA) is 147 Å². The highest BCUT2D eigenvalue weighted by molar-refractivity contribution is 5.86. The molecular formula is C14H16FN7O3. The molecule has 0 bridgehead atoms. The van der Waals surface area contributed by atoms with Gasteiger partial charge in [0.15, 0.2) is 12.0 Å². The number of aliphatic hydroxyl groups excluding tert-OH is 1. The van der Waals surface area contributed by atoms with Gasteiger partial charge in [-0.25, -0.2) is 13.9 Å². The van der Waals surface area contributed by atoms with E-state index in [-0.39, 0.29) is 5.82 Å². The summed E-state index contributed by atoms with van der Waals surface area (Å²) in [6.45, 7) is 0.766. The van der Waals surface area contributed by atoms with Crippen LogP contribution < -0.4 is 5.73 Å². The van der Waals surface area contributed by atoms with Gasteiger partial charge in [0.25, 0.3) is 0 Å². The van der Waals surface area contributed by atoms with Crippen LogP contribution in [0.1, 0.15) is 18.7 Å². The summed E-state index contributed by atoms with van der Waals surface area (Å²) in [5.74, 6) is 0.187. The van der Waals surface area contributed by atoms with Gasteiger partial charge < -0.3 is 20.7 Å². The number of aromatic nitrogens is 6. The molecule has 4 heterocycles. The number of H-pyrrole nitrogens is 1. The zero-order valence-corrected chi connectivity index (χ0v) is 13.2. The Balaban J connectivity index is 1.93. The van der Waals surface area contributed by atoms with Crippen LogP contribution >= 0.6 is 0 Å². The fourth-order valence-corrected chi connectivity index (χ4v) is 3.21. The van der Waals surface area contributed by atoms with Gasteiger partial charge in [-0.2, -0.15) is 20.5 Å². The second-order valence-electron chi connectivity index (χ2n) is 6.11. The molecule has 0 saturated carbocycles. The highest BCUT2D eigenvalue weighted by Gasteiger charge is 2.54. The summed E-state index contributed by atoms with van der Waals surface area (Å²) in [5.41, 5.74) is 5.97. The standard InChI is InChI=1S/C14H16FN7O3/c1-14(24)11(15)9(4-23)25-12(14)8-2-6(7-3-18-21-20-7)10-13(16)17-5-19-22(8)10/h2-3,5,9,11-12,23-24H,4H2,1H3,(H2,16,17,19)(H,18,20,21)/t9-,11-,12+,14-/m1/s1. The molecular weight excluding hydrogens is 333 g/mol. The lowest BCUT2D eigenvalue weighted by molar-refractivity contribution is -0.0543. The summed E-state index contributed by atoms with van der Waals surface area (Å²) < 4.78 is 21.4. The average molecular weight is 349 g/mol. The van der Waals surface area contributed by atoms with E-state index in [2.05, 4.69) is 25.5 Å². The molecule has 4 atom stereocenters. The van der Waals surface area contributed by atoms with Gasteiger partial charge in [0.05, 0.1) is 18.5 Å². The van der Waals surface area contributed by atoms with Crippen molar-refractivity contribution in [2.45, 2.75) is 30.9 Å². The lowest BCUT2D eigenvalue weighted by atomic mass is 9.92. The molecule has 1 aliphatic heterocycles. The number of aliphatic hydroxyl groups is 2. The number of nitrogens with one attached hydrogen (secondary N) is 1. The predicted molar refractivity (Wildman–Crippen MR) is 83.0 cm³/mol. The van der Waals surface area contributed by atoms with E-state index in [1.165, 1.54) is 24.0 Å². The van der Waals surface area contributed by atoms with Crippen molar-refractivity contribution in [2.75, 3.05) is 12.3 Å². The summed E-state index contributed by atoms with van der Waals surface area (Å²) in [5, 5.41) is 34.4. The average Bonchev–Trinajstić information content (AvgIpc) is 3.27. The van der Waals surface area contributed by atoms with Crippen LogP contribution in [0.2, 0.25) is 0 Å². The number of nitrogen functional groups attached to an aromatic ring is 1. The van der Waals surface area contributed by atoms with Gasteiger partial charge >= 0.3 is 0 Å². The Morgan fingerprint density at radius 3 is 2.96 bits per heavy atom. The van der Waals surface area contributed by atoms with Crippen LogP contribution in [0.15, 0.2) is 18.6 Å². The lowest BCUT2D eigenvalue weighted by Crippen LogP contribution is -2.40. The Hall–Kier alpha value is -2.63. The first-order chi connectivity index (χ1) is 11.9. The van der Waals surface area contributed by atoms with Crippen LogP contribution in [0.4, 0.5) is 10.2 Å².